The number of carbonyl (C=O) groups excluding carboxylic acids is 1. The Morgan fingerprint density at radius 3 is 2.45 bits per heavy atom. The van der Waals surface area contributed by atoms with Gasteiger partial charge in [0.1, 0.15) is 0 Å². The van der Waals surface area contributed by atoms with Crippen LogP contribution in [-0.2, 0) is 4.79 Å². The van der Waals surface area contributed by atoms with Crippen molar-refractivity contribution in [1.29, 1.82) is 0 Å². The minimum absolute atomic E-state index is 0.115. The molecule has 1 aromatic rings. The predicted octanol–water partition coefficient (Wildman–Crippen LogP) is 3.67. The molecule has 0 saturated carbocycles. The van der Waals surface area contributed by atoms with Crippen molar-refractivity contribution >= 4 is 11.6 Å². The van der Waals surface area contributed by atoms with E-state index < -0.39 is 6.61 Å². The highest BCUT2D eigenvalue weighted by atomic mass is 19.3. The SMILES string of the molecule is COc1ccc(NC(=O)CC(C)(C)C)cc1OC(F)F. The molecule has 0 aliphatic rings. The van der Waals surface area contributed by atoms with Gasteiger partial charge in [0.05, 0.1) is 7.11 Å². The molecule has 4 nitrogen and oxygen atoms in total. The molecule has 0 aliphatic heterocycles. The van der Waals surface area contributed by atoms with Crippen molar-refractivity contribution in [3.63, 3.8) is 0 Å². The summed E-state index contributed by atoms with van der Waals surface area (Å²) in [6.45, 7) is 2.86. The summed E-state index contributed by atoms with van der Waals surface area (Å²) in [7, 11) is 1.35. The molecule has 0 aromatic heterocycles. The van der Waals surface area contributed by atoms with Gasteiger partial charge in [-0.1, -0.05) is 20.8 Å². The number of benzene rings is 1. The second kappa shape index (κ2) is 6.54. The fourth-order valence-corrected chi connectivity index (χ4v) is 1.63. The Labute approximate surface area is 117 Å². The molecule has 1 N–H and O–H groups in total. The highest BCUT2D eigenvalue weighted by Crippen LogP contribution is 2.31. The van der Waals surface area contributed by atoms with Gasteiger partial charge in [0, 0.05) is 18.2 Å². The van der Waals surface area contributed by atoms with E-state index in [1.807, 2.05) is 20.8 Å². The van der Waals surface area contributed by atoms with Crippen molar-refractivity contribution in [2.45, 2.75) is 33.8 Å². The van der Waals surface area contributed by atoms with E-state index in [1.54, 1.807) is 6.07 Å². The molecule has 0 fully saturated rings. The number of hydrogen-bond donors (Lipinski definition) is 1. The first-order valence-corrected chi connectivity index (χ1v) is 6.14. The number of rotatable bonds is 5. The lowest BCUT2D eigenvalue weighted by molar-refractivity contribution is -0.117. The fraction of sp³-hybridized carbons (Fsp3) is 0.500. The molecule has 1 amide bonds. The average molecular weight is 287 g/mol. The number of ether oxygens (including phenoxy) is 2. The van der Waals surface area contributed by atoms with E-state index in [2.05, 4.69) is 10.1 Å². The van der Waals surface area contributed by atoms with Gasteiger partial charge in [0.25, 0.3) is 0 Å². The van der Waals surface area contributed by atoms with E-state index in [9.17, 15) is 13.6 Å². The van der Waals surface area contributed by atoms with Crippen LogP contribution in [0.5, 0.6) is 11.5 Å². The van der Waals surface area contributed by atoms with Crippen LogP contribution in [0.1, 0.15) is 27.2 Å². The van der Waals surface area contributed by atoms with Gasteiger partial charge in [-0.2, -0.15) is 8.78 Å². The third-order valence-electron chi connectivity index (χ3n) is 2.35. The summed E-state index contributed by atoms with van der Waals surface area (Å²) >= 11 is 0. The van der Waals surface area contributed by atoms with E-state index >= 15 is 0 Å². The van der Waals surface area contributed by atoms with Crippen LogP contribution in [0, 0.1) is 5.41 Å². The quantitative estimate of drug-likeness (QED) is 0.898. The summed E-state index contributed by atoms with van der Waals surface area (Å²) in [6, 6.07) is 4.34. The Balaban J connectivity index is 2.83. The number of methoxy groups -OCH3 is 1. The van der Waals surface area contributed by atoms with Gasteiger partial charge in [-0.25, -0.2) is 0 Å². The normalized spacial score (nSPS) is 11.3. The Morgan fingerprint density at radius 1 is 1.30 bits per heavy atom. The number of alkyl halides is 2. The van der Waals surface area contributed by atoms with Crippen LogP contribution in [0.3, 0.4) is 0 Å². The lowest BCUT2D eigenvalue weighted by atomic mass is 9.92. The van der Waals surface area contributed by atoms with E-state index in [0.29, 0.717) is 12.1 Å². The van der Waals surface area contributed by atoms with Gasteiger partial charge in [0.15, 0.2) is 11.5 Å². The van der Waals surface area contributed by atoms with E-state index in [4.69, 9.17) is 4.74 Å². The lowest BCUT2D eigenvalue weighted by Crippen LogP contribution is -2.19. The number of anilines is 1. The molecule has 112 valence electrons. The Morgan fingerprint density at radius 2 is 1.95 bits per heavy atom. The molecule has 0 aliphatic carbocycles. The van der Waals surface area contributed by atoms with Crippen molar-refractivity contribution in [3.05, 3.63) is 18.2 Å². The van der Waals surface area contributed by atoms with E-state index in [0.717, 1.165) is 0 Å². The maximum Gasteiger partial charge on any atom is 0.387 e. The molecule has 1 aromatic carbocycles. The highest BCUT2D eigenvalue weighted by molar-refractivity contribution is 5.91. The number of hydrogen-bond acceptors (Lipinski definition) is 3. The zero-order chi connectivity index (χ0) is 15.3. The Bertz CT molecular complexity index is 470. The standard InChI is InChI=1S/C14H19F2NO3/c1-14(2,3)8-12(18)17-9-5-6-10(19-4)11(7-9)20-13(15)16/h5-7,13H,8H2,1-4H3,(H,17,18). The first-order valence-electron chi connectivity index (χ1n) is 6.14. The third-order valence-corrected chi connectivity index (χ3v) is 2.35. The first-order chi connectivity index (χ1) is 9.21. The van der Waals surface area contributed by atoms with Gasteiger partial charge in [0.2, 0.25) is 5.91 Å². The predicted molar refractivity (Wildman–Crippen MR) is 72.3 cm³/mol. The minimum atomic E-state index is -2.95. The zero-order valence-corrected chi connectivity index (χ0v) is 12.0. The molecular formula is C14H19F2NO3. The smallest absolute Gasteiger partial charge is 0.387 e. The molecule has 20 heavy (non-hydrogen) atoms. The molecule has 0 unspecified atom stereocenters. The van der Waals surface area contributed by atoms with Crippen LogP contribution in [0.15, 0.2) is 18.2 Å². The van der Waals surface area contributed by atoms with Crippen LogP contribution >= 0.6 is 0 Å². The summed E-state index contributed by atoms with van der Waals surface area (Å²) in [5.74, 6) is -0.124. The fourth-order valence-electron chi connectivity index (χ4n) is 1.63. The number of nitrogens with one attached hydrogen (secondary N) is 1. The van der Waals surface area contributed by atoms with Gasteiger partial charge >= 0.3 is 6.61 Å². The maximum absolute atomic E-state index is 12.3. The van der Waals surface area contributed by atoms with Gasteiger partial charge in [-0.3, -0.25) is 4.79 Å². The average Bonchev–Trinajstić information content (AvgIpc) is 2.25. The summed E-state index contributed by atoms with van der Waals surface area (Å²) in [6.07, 6.45) is 0.323. The first kappa shape index (κ1) is 16.2. The third kappa shape index (κ3) is 5.42. The maximum atomic E-state index is 12.3. The highest BCUT2D eigenvalue weighted by Gasteiger charge is 2.17. The van der Waals surface area contributed by atoms with Gasteiger partial charge < -0.3 is 14.8 Å². The van der Waals surface area contributed by atoms with Gasteiger partial charge in [-0.15, -0.1) is 0 Å². The summed E-state index contributed by atoms with van der Waals surface area (Å²) in [5, 5.41) is 2.64. The summed E-state index contributed by atoms with van der Waals surface area (Å²) in [4.78, 5) is 11.8. The monoisotopic (exact) mass is 287 g/mol. The van der Waals surface area contributed by atoms with Crippen LogP contribution in [-0.4, -0.2) is 19.6 Å². The molecule has 0 heterocycles. The van der Waals surface area contributed by atoms with Crippen LogP contribution < -0.4 is 14.8 Å². The van der Waals surface area contributed by atoms with Crippen molar-refractivity contribution in [3.8, 4) is 11.5 Å². The second-order valence-electron chi connectivity index (χ2n) is 5.53. The Hall–Kier alpha value is -1.85. The van der Waals surface area contributed by atoms with E-state index in [-0.39, 0.29) is 22.8 Å². The van der Waals surface area contributed by atoms with Crippen LogP contribution in [0.4, 0.5) is 14.5 Å². The van der Waals surface area contributed by atoms with E-state index in [1.165, 1.54) is 19.2 Å². The molecule has 0 bridgehead atoms. The van der Waals surface area contributed by atoms with Crippen molar-refractivity contribution in [1.82, 2.24) is 0 Å². The van der Waals surface area contributed by atoms with Crippen molar-refractivity contribution in [2.75, 3.05) is 12.4 Å². The largest absolute Gasteiger partial charge is 0.493 e. The summed E-state index contributed by atoms with van der Waals surface area (Å²) < 4.78 is 33.8. The van der Waals surface area contributed by atoms with Gasteiger partial charge in [-0.05, 0) is 17.5 Å². The summed E-state index contributed by atoms with van der Waals surface area (Å²) in [5.41, 5.74) is 0.231. The zero-order valence-electron chi connectivity index (χ0n) is 12.0. The second-order valence-corrected chi connectivity index (χ2v) is 5.53. The number of halogens is 2. The van der Waals surface area contributed by atoms with Crippen LogP contribution in [0.25, 0.3) is 0 Å². The van der Waals surface area contributed by atoms with Crippen molar-refractivity contribution < 1.29 is 23.0 Å². The van der Waals surface area contributed by atoms with Crippen molar-refractivity contribution in [2.24, 2.45) is 5.41 Å². The number of amides is 1. The molecule has 6 heteroatoms. The number of carbonyl (C=O) groups is 1. The molecule has 0 atom stereocenters. The topological polar surface area (TPSA) is 47.6 Å². The molecular weight excluding hydrogens is 268 g/mol. The van der Waals surface area contributed by atoms with Crippen LogP contribution in [0.2, 0.25) is 0 Å². The Kier molecular flexibility index (Phi) is 5.30. The minimum Gasteiger partial charge on any atom is -0.493 e. The molecule has 1 rings (SSSR count). The molecule has 0 spiro atoms. The lowest BCUT2D eigenvalue weighted by Gasteiger charge is -2.18. The molecule has 0 radical (unpaired) electrons. The molecule has 0 saturated heterocycles.